The molecule has 1 aromatic carbocycles. The van der Waals surface area contributed by atoms with Crippen molar-refractivity contribution in [3.63, 3.8) is 0 Å². The van der Waals surface area contributed by atoms with Crippen LogP contribution in [0, 0.1) is 13.8 Å². The second-order valence-corrected chi connectivity index (χ2v) is 7.92. The van der Waals surface area contributed by atoms with Crippen LogP contribution in [0.2, 0.25) is 0 Å². The first-order valence-corrected chi connectivity index (χ1v) is 9.25. The van der Waals surface area contributed by atoms with Crippen molar-refractivity contribution in [2.24, 2.45) is 0 Å². The highest BCUT2D eigenvalue weighted by atomic mass is 32.2. The quantitative estimate of drug-likeness (QED) is 0.636. The number of thioether (sulfide) groups is 1. The molecule has 1 amide bonds. The van der Waals surface area contributed by atoms with E-state index in [0.717, 1.165) is 16.9 Å². The number of hydrogen-bond acceptors (Lipinski definition) is 6. The van der Waals surface area contributed by atoms with Gasteiger partial charge >= 0.3 is 6.01 Å². The Labute approximate surface area is 156 Å². The van der Waals surface area contributed by atoms with E-state index in [0.29, 0.717) is 16.9 Å². The van der Waals surface area contributed by atoms with Crippen molar-refractivity contribution in [1.82, 2.24) is 10.2 Å². The summed E-state index contributed by atoms with van der Waals surface area (Å²) in [6.45, 7) is 7.97. The molecule has 26 heavy (non-hydrogen) atoms. The molecule has 2 aromatic heterocycles. The molecular formula is C19H21N3O3S. The number of carbonyl (C=O) groups excluding carboxylic acids is 1. The fraction of sp³-hybridized carbons (Fsp3) is 0.316. The normalized spacial score (nSPS) is 11.1. The van der Waals surface area contributed by atoms with Crippen LogP contribution in [0.1, 0.15) is 30.9 Å². The lowest BCUT2D eigenvalue weighted by molar-refractivity contribution is -0.115. The fourth-order valence-electron chi connectivity index (χ4n) is 2.53. The third-order valence-corrected chi connectivity index (χ3v) is 4.62. The van der Waals surface area contributed by atoms with Crippen LogP contribution >= 0.6 is 11.8 Å². The Kier molecular flexibility index (Phi) is 5.46. The van der Waals surface area contributed by atoms with Crippen LogP contribution in [0.5, 0.6) is 0 Å². The topological polar surface area (TPSA) is 81.2 Å². The molecule has 0 unspecified atom stereocenters. The number of rotatable bonds is 6. The van der Waals surface area contributed by atoms with Gasteiger partial charge in [0.2, 0.25) is 5.91 Å². The summed E-state index contributed by atoms with van der Waals surface area (Å²) in [5, 5.41) is 11.0. The molecule has 0 aliphatic heterocycles. The summed E-state index contributed by atoms with van der Waals surface area (Å²) < 4.78 is 11.0. The van der Waals surface area contributed by atoms with Crippen molar-refractivity contribution in [3.05, 3.63) is 47.4 Å². The second-order valence-electron chi connectivity index (χ2n) is 6.27. The zero-order valence-corrected chi connectivity index (χ0v) is 16.0. The van der Waals surface area contributed by atoms with Gasteiger partial charge in [0.25, 0.3) is 5.89 Å². The monoisotopic (exact) mass is 371 g/mol. The Morgan fingerprint density at radius 1 is 1.15 bits per heavy atom. The van der Waals surface area contributed by atoms with Crippen molar-refractivity contribution in [3.8, 4) is 11.5 Å². The number of nitrogens with zero attached hydrogens (tertiary/aromatic N) is 2. The molecule has 0 bridgehead atoms. The molecule has 0 atom stereocenters. The van der Waals surface area contributed by atoms with Crippen molar-refractivity contribution in [2.75, 3.05) is 5.32 Å². The van der Waals surface area contributed by atoms with E-state index in [1.165, 1.54) is 4.90 Å². The highest BCUT2D eigenvalue weighted by Gasteiger charge is 2.16. The van der Waals surface area contributed by atoms with Crippen LogP contribution in [0.15, 0.2) is 44.1 Å². The van der Waals surface area contributed by atoms with Gasteiger partial charge in [0.05, 0.1) is 12.0 Å². The average Bonchev–Trinajstić information content (AvgIpc) is 3.14. The molecule has 1 N–H and O–H groups in total. The third kappa shape index (κ3) is 4.54. The van der Waals surface area contributed by atoms with E-state index in [1.54, 1.807) is 11.8 Å². The maximum absolute atomic E-state index is 12.2. The van der Waals surface area contributed by atoms with Crippen molar-refractivity contribution in [1.29, 1.82) is 0 Å². The van der Waals surface area contributed by atoms with Crippen LogP contribution < -0.4 is 5.32 Å². The number of aryl methyl sites for hydroxylation is 2. The van der Waals surface area contributed by atoms with E-state index < -0.39 is 0 Å². The smallest absolute Gasteiger partial charge is 0.322 e. The largest absolute Gasteiger partial charge is 0.466 e. The Morgan fingerprint density at radius 2 is 1.88 bits per heavy atom. The van der Waals surface area contributed by atoms with Crippen molar-refractivity contribution in [2.45, 2.75) is 44.3 Å². The van der Waals surface area contributed by atoms with Crippen LogP contribution in [-0.4, -0.2) is 21.4 Å². The number of benzene rings is 1. The molecule has 0 saturated heterocycles. The predicted molar refractivity (Wildman–Crippen MR) is 101 cm³/mol. The van der Waals surface area contributed by atoms with Crippen molar-refractivity contribution >= 4 is 23.7 Å². The fourth-order valence-corrected chi connectivity index (χ4v) is 3.37. The van der Waals surface area contributed by atoms with Gasteiger partial charge in [0.1, 0.15) is 11.5 Å². The highest BCUT2D eigenvalue weighted by Crippen LogP contribution is 2.26. The zero-order valence-electron chi connectivity index (χ0n) is 15.2. The SMILES string of the molecule is Cc1cc(-c2nnc(NC(=O)Cc3ccc(SC(C)C)cc3)o2)c(C)o1. The molecule has 136 valence electrons. The summed E-state index contributed by atoms with van der Waals surface area (Å²) >= 11 is 1.79. The Morgan fingerprint density at radius 3 is 2.50 bits per heavy atom. The minimum atomic E-state index is -0.204. The predicted octanol–water partition coefficient (Wildman–Crippen LogP) is 4.63. The minimum Gasteiger partial charge on any atom is -0.466 e. The molecule has 0 aliphatic carbocycles. The van der Waals surface area contributed by atoms with Gasteiger partial charge in [0.15, 0.2) is 0 Å². The number of hydrogen-bond donors (Lipinski definition) is 1. The van der Waals surface area contributed by atoms with E-state index in [-0.39, 0.29) is 18.3 Å². The molecule has 6 nitrogen and oxygen atoms in total. The second kappa shape index (κ2) is 7.78. The summed E-state index contributed by atoms with van der Waals surface area (Å²) in [5.74, 6) is 1.58. The first-order chi connectivity index (χ1) is 12.4. The summed E-state index contributed by atoms with van der Waals surface area (Å²) in [6.07, 6.45) is 0.244. The summed E-state index contributed by atoms with van der Waals surface area (Å²) in [5.41, 5.74) is 1.66. The Bertz CT molecular complexity index is 897. The van der Waals surface area contributed by atoms with Crippen LogP contribution in [-0.2, 0) is 11.2 Å². The number of amides is 1. The maximum Gasteiger partial charge on any atom is 0.322 e. The zero-order chi connectivity index (χ0) is 18.7. The number of nitrogens with one attached hydrogen (secondary N) is 1. The van der Waals surface area contributed by atoms with Gasteiger partial charge in [-0.05, 0) is 37.6 Å². The molecule has 0 radical (unpaired) electrons. The molecule has 0 saturated carbocycles. The first kappa shape index (κ1) is 18.3. The van der Waals surface area contributed by atoms with E-state index in [4.69, 9.17) is 8.83 Å². The van der Waals surface area contributed by atoms with Crippen molar-refractivity contribution < 1.29 is 13.6 Å². The van der Waals surface area contributed by atoms with Crippen LogP contribution in [0.3, 0.4) is 0 Å². The molecule has 2 heterocycles. The highest BCUT2D eigenvalue weighted by molar-refractivity contribution is 7.99. The molecule has 3 aromatic rings. The van der Waals surface area contributed by atoms with E-state index in [2.05, 4.69) is 29.4 Å². The minimum absolute atomic E-state index is 0.0789. The van der Waals surface area contributed by atoms with Gasteiger partial charge in [-0.25, -0.2) is 0 Å². The Balaban J connectivity index is 1.61. The first-order valence-electron chi connectivity index (χ1n) is 8.37. The van der Waals surface area contributed by atoms with Gasteiger partial charge in [-0.2, -0.15) is 0 Å². The van der Waals surface area contributed by atoms with Gasteiger partial charge < -0.3 is 8.83 Å². The molecule has 0 spiro atoms. The lowest BCUT2D eigenvalue weighted by Crippen LogP contribution is -2.14. The van der Waals surface area contributed by atoms with Gasteiger partial charge in [0, 0.05) is 10.1 Å². The molecule has 0 fully saturated rings. The third-order valence-electron chi connectivity index (χ3n) is 3.60. The average molecular weight is 371 g/mol. The van der Waals surface area contributed by atoms with E-state index >= 15 is 0 Å². The summed E-state index contributed by atoms with van der Waals surface area (Å²) in [4.78, 5) is 13.4. The van der Waals surface area contributed by atoms with Gasteiger partial charge in [-0.1, -0.05) is 31.1 Å². The number of furan rings is 1. The summed E-state index contributed by atoms with van der Waals surface area (Å²) in [6, 6.07) is 9.88. The molecule has 3 rings (SSSR count). The lowest BCUT2D eigenvalue weighted by atomic mass is 10.1. The maximum atomic E-state index is 12.2. The molecule has 0 aliphatic rings. The Hall–Kier alpha value is -2.54. The van der Waals surface area contributed by atoms with Gasteiger partial charge in [-0.3, -0.25) is 10.1 Å². The number of aromatic nitrogens is 2. The molecule has 7 heteroatoms. The van der Waals surface area contributed by atoms with Crippen LogP contribution in [0.25, 0.3) is 11.5 Å². The lowest BCUT2D eigenvalue weighted by Gasteiger charge is -2.06. The van der Waals surface area contributed by atoms with Crippen LogP contribution in [0.4, 0.5) is 6.01 Å². The number of anilines is 1. The molecular weight excluding hydrogens is 350 g/mol. The van der Waals surface area contributed by atoms with E-state index in [1.807, 2.05) is 44.2 Å². The summed E-state index contributed by atoms with van der Waals surface area (Å²) in [7, 11) is 0. The van der Waals surface area contributed by atoms with Gasteiger partial charge in [-0.15, -0.1) is 16.9 Å². The van der Waals surface area contributed by atoms with E-state index in [9.17, 15) is 4.79 Å². The standard InChI is InChI=1S/C19H21N3O3S/c1-11(2)26-15-7-5-14(6-8-15)10-17(23)20-19-22-21-18(25-19)16-9-12(3)24-13(16)4/h5-9,11H,10H2,1-4H3,(H,20,22,23). The number of carbonyl (C=O) groups is 1.